The maximum absolute atomic E-state index is 13.7. The van der Waals surface area contributed by atoms with Gasteiger partial charge in [0.05, 0.1) is 0 Å². The van der Waals surface area contributed by atoms with Crippen LogP contribution < -0.4 is 10.6 Å². The Kier molecular flexibility index (Phi) is 6.54. The van der Waals surface area contributed by atoms with E-state index in [2.05, 4.69) is 34.4 Å². The van der Waals surface area contributed by atoms with Crippen molar-refractivity contribution in [3.63, 3.8) is 0 Å². The summed E-state index contributed by atoms with van der Waals surface area (Å²) in [5, 5.41) is 6.00. The predicted molar refractivity (Wildman–Crippen MR) is 114 cm³/mol. The van der Waals surface area contributed by atoms with Crippen molar-refractivity contribution in [1.29, 1.82) is 0 Å². The molecule has 0 saturated carbocycles. The molecule has 5 nitrogen and oxygen atoms in total. The van der Waals surface area contributed by atoms with Crippen LogP contribution in [0.2, 0.25) is 0 Å². The van der Waals surface area contributed by atoms with Crippen LogP contribution in [0.25, 0.3) is 0 Å². The van der Waals surface area contributed by atoms with E-state index >= 15 is 0 Å². The molecule has 0 aliphatic carbocycles. The molecule has 29 heavy (non-hydrogen) atoms. The lowest BCUT2D eigenvalue weighted by atomic mass is 10.0. The number of carbonyl (C=O) groups is 1. The summed E-state index contributed by atoms with van der Waals surface area (Å²) in [4.78, 5) is 21.1. The Morgan fingerprint density at radius 2 is 1.79 bits per heavy atom. The Labute approximate surface area is 170 Å². The Balaban J connectivity index is 1.64. The lowest BCUT2D eigenvalue weighted by molar-refractivity contribution is 0.102. The normalized spacial score (nSPS) is 10.8. The SMILES string of the molecule is Cc1nc(NCCc2ccccc2F)cc(C(=O)Nc2ccc(C(C)C)cc2)n1. The third-order valence-electron chi connectivity index (χ3n) is 4.56. The summed E-state index contributed by atoms with van der Waals surface area (Å²) >= 11 is 0. The predicted octanol–water partition coefficient (Wildman–Crippen LogP) is 4.95. The molecule has 1 aromatic heterocycles. The first-order chi connectivity index (χ1) is 13.9. The molecular formula is C23H25FN4O. The molecule has 1 amide bonds. The van der Waals surface area contributed by atoms with Gasteiger partial charge in [-0.05, 0) is 48.6 Å². The van der Waals surface area contributed by atoms with Crippen LogP contribution in [-0.4, -0.2) is 22.4 Å². The number of amides is 1. The van der Waals surface area contributed by atoms with Crippen LogP contribution >= 0.6 is 0 Å². The third kappa shape index (κ3) is 5.60. The number of nitrogens with zero attached hydrogens (tertiary/aromatic N) is 2. The largest absolute Gasteiger partial charge is 0.370 e. The molecule has 6 heteroatoms. The van der Waals surface area contributed by atoms with E-state index in [-0.39, 0.29) is 17.4 Å². The van der Waals surface area contributed by atoms with Gasteiger partial charge in [0.1, 0.15) is 23.2 Å². The number of halogens is 1. The van der Waals surface area contributed by atoms with Gasteiger partial charge in [0.2, 0.25) is 0 Å². The topological polar surface area (TPSA) is 66.9 Å². The van der Waals surface area contributed by atoms with E-state index in [1.165, 1.54) is 11.6 Å². The van der Waals surface area contributed by atoms with Crippen molar-refractivity contribution in [2.75, 3.05) is 17.2 Å². The van der Waals surface area contributed by atoms with Crippen LogP contribution in [0.3, 0.4) is 0 Å². The van der Waals surface area contributed by atoms with Crippen LogP contribution in [0, 0.1) is 12.7 Å². The third-order valence-corrected chi connectivity index (χ3v) is 4.56. The average molecular weight is 392 g/mol. The summed E-state index contributed by atoms with van der Waals surface area (Å²) < 4.78 is 13.7. The number of benzene rings is 2. The number of anilines is 2. The molecule has 1 heterocycles. The molecule has 3 aromatic rings. The van der Waals surface area contributed by atoms with Crippen LogP contribution in [0.15, 0.2) is 54.6 Å². The first kappa shape index (κ1) is 20.5. The highest BCUT2D eigenvalue weighted by Crippen LogP contribution is 2.18. The number of carbonyl (C=O) groups excluding carboxylic acids is 1. The van der Waals surface area contributed by atoms with E-state index < -0.39 is 0 Å². The summed E-state index contributed by atoms with van der Waals surface area (Å²) in [6, 6.07) is 16.1. The maximum Gasteiger partial charge on any atom is 0.274 e. The molecule has 0 atom stereocenters. The number of nitrogens with one attached hydrogen (secondary N) is 2. The monoisotopic (exact) mass is 392 g/mol. The second-order valence-electron chi connectivity index (χ2n) is 7.18. The van der Waals surface area contributed by atoms with Crippen molar-refractivity contribution in [3.8, 4) is 0 Å². The first-order valence-corrected chi connectivity index (χ1v) is 9.66. The molecule has 0 bridgehead atoms. The van der Waals surface area contributed by atoms with Gasteiger partial charge in [0.15, 0.2) is 0 Å². The Morgan fingerprint density at radius 3 is 2.48 bits per heavy atom. The highest BCUT2D eigenvalue weighted by molar-refractivity contribution is 6.03. The number of hydrogen-bond acceptors (Lipinski definition) is 4. The lowest BCUT2D eigenvalue weighted by Crippen LogP contribution is -2.16. The summed E-state index contributed by atoms with van der Waals surface area (Å²) in [6.45, 7) is 6.47. The van der Waals surface area contributed by atoms with Crippen LogP contribution in [0.4, 0.5) is 15.9 Å². The van der Waals surface area contributed by atoms with Crippen molar-refractivity contribution in [1.82, 2.24) is 9.97 Å². The Morgan fingerprint density at radius 1 is 1.07 bits per heavy atom. The van der Waals surface area contributed by atoms with Gasteiger partial charge in [-0.2, -0.15) is 0 Å². The smallest absolute Gasteiger partial charge is 0.274 e. The van der Waals surface area contributed by atoms with E-state index in [1.807, 2.05) is 30.3 Å². The minimum absolute atomic E-state index is 0.225. The average Bonchev–Trinajstić information content (AvgIpc) is 2.69. The van der Waals surface area contributed by atoms with E-state index in [0.29, 0.717) is 41.8 Å². The highest BCUT2D eigenvalue weighted by Gasteiger charge is 2.11. The van der Waals surface area contributed by atoms with Gasteiger partial charge in [-0.15, -0.1) is 0 Å². The minimum Gasteiger partial charge on any atom is -0.370 e. The minimum atomic E-state index is -0.301. The van der Waals surface area contributed by atoms with Crippen molar-refractivity contribution in [2.24, 2.45) is 0 Å². The summed E-state index contributed by atoms with van der Waals surface area (Å²) in [6.07, 6.45) is 0.513. The van der Waals surface area contributed by atoms with Gasteiger partial charge < -0.3 is 10.6 Å². The molecule has 0 aliphatic rings. The zero-order valence-corrected chi connectivity index (χ0v) is 16.9. The zero-order valence-electron chi connectivity index (χ0n) is 16.9. The molecular weight excluding hydrogens is 367 g/mol. The molecule has 2 aromatic carbocycles. The van der Waals surface area contributed by atoms with Gasteiger partial charge in [0, 0.05) is 18.3 Å². The van der Waals surface area contributed by atoms with Gasteiger partial charge in [0.25, 0.3) is 5.91 Å². The molecule has 0 fully saturated rings. The quantitative estimate of drug-likeness (QED) is 0.597. The molecule has 0 radical (unpaired) electrons. The van der Waals surface area contributed by atoms with Gasteiger partial charge in [-0.1, -0.05) is 44.2 Å². The second kappa shape index (κ2) is 9.28. The Hall–Kier alpha value is -3.28. The highest BCUT2D eigenvalue weighted by atomic mass is 19.1. The van der Waals surface area contributed by atoms with Gasteiger partial charge in [-0.25, -0.2) is 14.4 Å². The number of hydrogen-bond donors (Lipinski definition) is 2. The van der Waals surface area contributed by atoms with E-state index in [0.717, 1.165) is 0 Å². The summed E-state index contributed by atoms with van der Waals surface area (Å²) in [5.41, 5.74) is 2.83. The van der Waals surface area contributed by atoms with Crippen molar-refractivity contribution in [3.05, 3.63) is 83.1 Å². The fourth-order valence-corrected chi connectivity index (χ4v) is 2.95. The standard InChI is InChI=1S/C23H25FN4O/c1-15(2)17-8-10-19(11-9-17)28-23(29)21-14-22(27-16(3)26-21)25-13-12-18-6-4-5-7-20(18)24/h4-11,14-15H,12-13H2,1-3H3,(H,28,29)(H,25,26,27). The molecule has 0 spiro atoms. The molecule has 2 N–H and O–H groups in total. The first-order valence-electron chi connectivity index (χ1n) is 9.66. The molecule has 150 valence electrons. The molecule has 0 saturated heterocycles. The fraction of sp³-hybridized carbons (Fsp3) is 0.261. The Bertz CT molecular complexity index is 986. The van der Waals surface area contributed by atoms with E-state index in [1.54, 1.807) is 25.1 Å². The number of aromatic nitrogens is 2. The summed E-state index contributed by atoms with van der Waals surface area (Å²) in [7, 11) is 0. The fourth-order valence-electron chi connectivity index (χ4n) is 2.95. The number of aryl methyl sites for hydroxylation is 1. The number of rotatable bonds is 7. The van der Waals surface area contributed by atoms with Gasteiger partial charge in [-0.3, -0.25) is 4.79 Å². The lowest BCUT2D eigenvalue weighted by Gasteiger charge is -2.10. The van der Waals surface area contributed by atoms with Crippen molar-refractivity contribution >= 4 is 17.4 Å². The molecule has 3 rings (SSSR count). The van der Waals surface area contributed by atoms with Crippen LogP contribution in [-0.2, 0) is 6.42 Å². The second-order valence-corrected chi connectivity index (χ2v) is 7.18. The van der Waals surface area contributed by atoms with Crippen molar-refractivity contribution in [2.45, 2.75) is 33.1 Å². The van der Waals surface area contributed by atoms with Crippen LogP contribution in [0.1, 0.15) is 47.2 Å². The zero-order chi connectivity index (χ0) is 20.8. The van der Waals surface area contributed by atoms with E-state index in [4.69, 9.17) is 0 Å². The van der Waals surface area contributed by atoms with E-state index in [9.17, 15) is 9.18 Å². The van der Waals surface area contributed by atoms with Crippen molar-refractivity contribution < 1.29 is 9.18 Å². The van der Waals surface area contributed by atoms with Gasteiger partial charge >= 0.3 is 0 Å². The maximum atomic E-state index is 13.7. The summed E-state index contributed by atoms with van der Waals surface area (Å²) in [5.74, 6) is 0.930. The molecule has 0 unspecified atom stereocenters. The molecule has 0 aliphatic heterocycles. The van der Waals surface area contributed by atoms with Crippen LogP contribution in [0.5, 0.6) is 0 Å².